The molecule has 0 aliphatic carbocycles. The molecule has 136 valence electrons. The van der Waals surface area contributed by atoms with Gasteiger partial charge in [0.25, 0.3) is 0 Å². The number of carbonyl (C=O) groups is 1. The molecule has 0 heterocycles. The van der Waals surface area contributed by atoms with Crippen LogP contribution in [0.15, 0.2) is 52.6 Å². The fraction of sp³-hybridized carbons (Fsp3) is 0.250. The van der Waals surface area contributed by atoms with Crippen molar-refractivity contribution in [3.63, 3.8) is 0 Å². The fourth-order valence-corrected chi connectivity index (χ4v) is 2.64. The quantitative estimate of drug-likeness (QED) is 0.615. The summed E-state index contributed by atoms with van der Waals surface area (Å²) < 4.78 is 0. The zero-order valence-electron chi connectivity index (χ0n) is 15.2. The Kier molecular flexibility index (Phi) is 6.25. The molecular weight excluding hydrogens is 332 g/mol. The predicted molar refractivity (Wildman–Crippen MR) is 101 cm³/mol. The van der Waals surface area contributed by atoms with E-state index in [1.165, 1.54) is 7.11 Å². The van der Waals surface area contributed by atoms with Gasteiger partial charge in [0, 0.05) is 16.8 Å². The number of hydrogen-bond donors (Lipinski definition) is 2. The van der Waals surface area contributed by atoms with Crippen LogP contribution in [-0.4, -0.2) is 34.7 Å². The molecule has 0 bridgehead atoms. The van der Waals surface area contributed by atoms with Crippen molar-refractivity contribution in [2.24, 2.45) is 10.1 Å². The molecular formula is C20H22N2O4. The highest BCUT2D eigenvalue weighted by atomic mass is 16.6. The lowest BCUT2D eigenvalue weighted by molar-refractivity contribution is -0.129. The van der Waals surface area contributed by atoms with E-state index in [0.717, 1.165) is 11.1 Å². The second-order valence-electron chi connectivity index (χ2n) is 5.92. The molecule has 2 rings (SSSR count). The van der Waals surface area contributed by atoms with E-state index in [-0.39, 0.29) is 11.3 Å². The number of hydrogen-bond acceptors (Lipinski definition) is 5. The molecule has 26 heavy (non-hydrogen) atoms. The smallest absolute Gasteiger partial charge is 0.358 e. The molecule has 1 unspecified atom stereocenters. The molecule has 0 spiro atoms. The van der Waals surface area contributed by atoms with Gasteiger partial charge in [0.15, 0.2) is 11.9 Å². The summed E-state index contributed by atoms with van der Waals surface area (Å²) in [7, 11) is 1.27. The summed E-state index contributed by atoms with van der Waals surface area (Å²) in [6.45, 7) is 5.57. The number of nitrogens with zero attached hydrogens (tertiary/aromatic N) is 2. The van der Waals surface area contributed by atoms with Gasteiger partial charge in [0.2, 0.25) is 0 Å². The largest absolute Gasteiger partial charge is 0.476 e. The van der Waals surface area contributed by atoms with Crippen LogP contribution in [0.1, 0.15) is 41.0 Å². The molecule has 6 nitrogen and oxygen atoms in total. The molecule has 2 N–H and O–H groups in total. The van der Waals surface area contributed by atoms with E-state index in [4.69, 9.17) is 0 Å². The highest BCUT2D eigenvalue weighted by Gasteiger charge is 2.23. The van der Waals surface area contributed by atoms with Gasteiger partial charge in [-0.15, -0.1) is 0 Å². The number of carboxylic acid groups (broad SMARTS) is 1. The van der Waals surface area contributed by atoms with Gasteiger partial charge in [-0.1, -0.05) is 53.2 Å². The molecule has 0 aromatic heterocycles. The Hall–Kier alpha value is -2.99. The summed E-state index contributed by atoms with van der Waals surface area (Å²) in [6, 6.07) is 12.8. The first-order chi connectivity index (χ1) is 12.3. The number of rotatable bonds is 6. The second kappa shape index (κ2) is 8.40. The Morgan fingerprint density at radius 2 is 1.77 bits per heavy atom. The Balaban J connectivity index is 2.50. The first-order valence-electron chi connectivity index (χ1n) is 8.09. The summed E-state index contributed by atoms with van der Waals surface area (Å²) in [5.74, 6) is -1.25. The maximum atomic E-state index is 11.5. The molecule has 0 radical (unpaired) electrons. The minimum Gasteiger partial charge on any atom is -0.476 e. The Labute approximate surface area is 152 Å². The first-order valence-corrected chi connectivity index (χ1v) is 8.09. The van der Waals surface area contributed by atoms with E-state index < -0.39 is 12.2 Å². The van der Waals surface area contributed by atoms with Gasteiger partial charge < -0.3 is 15.1 Å². The van der Waals surface area contributed by atoms with Crippen molar-refractivity contribution in [2.75, 3.05) is 7.11 Å². The number of benzene rings is 2. The summed E-state index contributed by atoms with van der Waals surface area (Å²) >= 11 is 0. The molecule has 2 aromatic rings. The fourth-order valence-electron chi connectivity index (χ4n) is 2.64. The lowest BCUT2D eigenvalue weighted by Gasteiger charge is -2.16. The third-order valence-electron chi connectivity index (χ3n) is 4.01. The molecule has 6 heteroatoms. The van der Waals surface area contributed by atoms with E-state index in [1.807, 2.05) is 31.2 Å². The number of aryl methyl sites for hydroxylation is 2. The molecule has 0 saturated heterocycles. The van der Waals surface area contributed by atoms with E-state index in [2.05, 4.69) is 15.0 Å². The molecule has 0 saturated carbocycles. The number of aliphatic imine (C=N–C) groups is 1. The van der Waals surface area contributed by atoms with E-state index in [1.54, 1.807) is 32.0 Å². The minimum atomic E-state index is -1.25. The van der Waals surface area contributed by atoms with Gasteiger partial charge in [-0.3, -0.25) is 4.99 Å². The van der Waals surface area contributed by atoms with Crippen molar-refractivity contribution >= 4 is 17.4 Å². The molecule has 0 fully saturated rings. The second-order valence-corrected chi connectivity index (χ2v) is 5.92. The third-order valence-corrected chi connectivity index (χ3v) is 4.01. The topological polar surface area (TPSA) is 91.5 Å². The summed E-state index contributed by atoms with van der Waals surface area (Å²) in [5.41, 5.74) is 3.74. The lowest BCUT2D eigenvalue weighted by atomic mass is 9.97. The standard InChI is InChI=1S/C20H22N2O4/c1-12-8-10-15(11-9-12)14(3)21-19(23)17-13(2)6-5-7-16(17)18(20(24)25)22-26-4/h5-11,19,23H,1-4H3,(H,24,25)/b21-14+,22-18+. The van der Waals surface area contributed by atoms with Gasteiger partial charge in [-0.2, -0.15) is 0 Å². The Morgan fingerprint density at radius 3 is 2.35 bits per heavy atom. The summed E-state index contributed by atoms with van der Waals surface area (Å²) in [4.78, 5) is 20.5. The zero-order chi connectivity index (χ0) is 19.3. The first kappa shape index (κ1) is 19.3. The van der Waals surface area contributed by atoms with Crippen LogP contribution >= 0.6 is 0 Å². The van der Waals surface area contributed by atoms with Crippen LogP contribution in [0.2, 0.25) is 0 Å². The van der Waals surface area contributed by atoms with Crippen LogP contribution in [0.25, 0.3) is 0 Å². The van der Waals surface area contributed by atoms with Gasteiger partial charge in [0.05, 0.1) is 0 Å². The lowest BCUT2D eigenvalue weighted by Crippen LogP contribution is -2.19. The van der Waals surface area contributed by atoms with Gasteiger partial charge in [-0.05, 0) is 31.9 Å². The van der Waals surface area contributed by atoms with Crippen molar-refractivity contribution < 1.29 is 19.8 Å². The van der Waals surface area contributed by atoms with Crippen LogP contribution in [0.4, 0.5) is 0 Å². The zero-order valence-corrected chi connectivity index (χ0v) is 15.2. The number of oxime groups is 1. The van der Waals surface area contributed by atoms with Crippen LogP contribution in [0.3, 0.4) is 0 Å². The molecule has 2 aromatic carbocycles. The van der Waals surface area contributed by atoms with Crippen LogP contribution in [0.5, 0.6) is 0 Å². The Morgan fingerprint density at radius 1 is 1.12 bits per heavy atom. The summed E-state index contributed by atoms with van der Waals surface area (Å²) in [6.07, 6.45) is -1.23. The number of aliphatic carboxylic acids is 1. The van der Waals surface area contributed by atoms with Crippen molar-refractivity contribution in [2.45, 2.75) is 27.0 Å². The van der Waals surface area contributed by atoms with E-state index >= 15 is 0 Å². The average Bonchev–Trinajstić information content (AvgIpc) is 2.59. The highest BCUT2D eigenvalue weighted by molar-refractivity contribution is 6.42. The number of aliphatic hydroxyl groups excluding tert-OH is 1. The average molecular weight is 354 g/mol. The van der Waals surface area contributed by atoms with Gasteiger partial charge in [0.1, 0.15) is 7.11 Å². The van der Waals surface area contributed by atoms with Gasteiger partial charge in [-0.25, -0.2) is 4.79 Å². The van der Waals surface area contributed by atoms with Crippen LogP contribution in [0, 0.1) is 13.8 Å². The van der Waals surface area contributed by atoms with Crippen molar-refractivity contribution in [3.05, 3.63) is 70.3 Å². The predicted octanol–water partition coefficient (Wildman–Crippen LogP) is 3.24. The van der Waals surface area contributed by atoms with E-state index in [0.29, 0.717) is 16.8 Å². The Bertz CT molecular complexity index is 855. The number of carboxylic acids is 1. The van der Waals surface area contributed by atoms with Crippen LogP contribution < -0.4 is 0 Å². The SMILES string of the molecule is CO/N=C(/C(=O)O)c1cccc(C)c1C(O)/N=C(\C)c1ccc(C)cc1. The number of aliphatic hydroxyl groups is 1. The summed E-state index contributed by atoms with van der Waals surface area (Å²) in [5, 5.41) is 23.7. The maximum Gasteiger partial charge on any atom is 0.358 e. The highest BCUT2D eigenvalue weighted by Crippen LogP contribution is 2.25. The normalized spacial score (nSPS) is 13.4. The minimum absolute atomic E-state index is 0.271. The third kappa shape index (κ3) is 4.34. The van der Waals surface area contributed by atoms with Crippen molar-refractivity contribution in [1.82, 2.24) is 0 Å². The molecule has 0 aliphatic rings. The van der Waals surface area contributed by atoms with Gasteiger partial charge >= 0.3 is 5.97 Å². The van der Waals surface area contributed by atoms with E-state index in [9.17, 15) is 15.0 Å². The van der Waals surface area contributed by atoms with Crippen molar-refractivity contribution in [3.8, 4) is 0 Å². The molecule has 0 amide bonds. The maximum absolute atomic E-state index is 11.5. The molecule has 0 aliphatic heterocycles. The molecule has 1 atom stereocenters. The van der Waals surface area contributed by atoms with Crippen LogP contribution in [-0.2, 0) is 9.63 Å². The monoisotopic (exact) mass is 354 g/mol. The van der Waals surface area contributed by atoms with Crippen molar-refractivity contribution in [1.29, 1.82) is 0 Å².